The summed E-state index contributed by atoms with van der Waals surface area (Å²) in [6, 6.07) is 0. The van der Waals surface area contributed by atoms with Crippen molar-refractivity contribution in [2.75, 3.05) is 32.9 Å². The van der Waals surface area contributed by atoms with Gasteiger partial charge in [0, 0.05) is 5.75 Å². The van der Waals surface area contributed by atoms with Gasteiger partial charge in [-0.05, 0) is 70.3 Å². The summed E-state index contributed by atoms with van der Waals surface area (Å²) in [5, 5.41) is 6.12. The Morgan fingerprint density at radius 2 is 1.73 bits per heavy atom. The zero-order valence-electron chi connectivity index (χ0n) is 8.67. The highest BCUT2D eigenvalue weighted by Crippen LogP contribution is 2.62. The van der Waals surface area contributed by atoms with Crippen LogP contribution in [0.15, 0.2) is 0 Å². The molecule has 0 aliphatic heterocycles. The average molecular weight is 292 g/mol. The molecule has 0 rings (SSSR count). The summed E-state index contributed by atoms with van der Waals surface area (Å²) < 4.78 is 20.5. The lowest BCUT2D eigenvalue weighted by Gasteiger charge is -2.17. The molecule has 2 N–H and O–H groups in total. The zero-order chi connectivity index (χ0) is 11.7. The summed E-state index contributed by atoms with van der Waals surface area (Å²) in [5.41, 5.74) is 0. The predicted octanol–water partition coefficient (Wildman–Crippen LogP) is 1.61. The van der Waals surface area contributed by atoms with Crippen molar-refractivity contribution in [1.29, 1.82) is 0 Å². The second-order valence-electron chi connectivity index (χ2n) is 2.89. The van der Waals surface area contributed by atoms with E-state index in [4.69, 9.17) is 0 Å². The molecule has 0 aliphatic carbocycles. The predicted molar refractivity (Wildman–Crippen MR) is 71.5 cm³/mol. The van der Waals surface area contributed by atoms with E-state index >= 15 is 0 Å². The van der Waals surface area contributed by atoms with Gasteiger partial charge in [-0.25, -0.2) is 12.5 Å². The van der Waals surface area contributed by atoms with E-state index in [-0.39, 0.29) is 0 Å². The van der Waals surface area contributed by atoms with Crippen LogP contribution in [0.1, 0.15) is 0 Å². The standard InChI is InChI=1S/C6H17N2O3PS3/c1-7-3-6(4-8-2)5-15-12(9,10-13)11-14/h6-8,13-14H,3-5H2,1-2H3. The molecule has 0 saturated carbocycles. The van der Waals surface area contributed by atoms with Crippen molar-refractivity contribution in [1.82, 2.24) is 10.6 Å². The van der Waals surface area contributed by atoms with Crippen LogP contribution in [0.5, 0.6) is 0 Å². The van der Waals surface area contributed by atoms with Crippen LogP contribution in [-0.2, 0) is 12.5 Å². The van der Waals surface area contributed by atoms with Crippen LogP contribution >= 0.6 is 44.0 Å². The van der Waals surface area contributed by atoms with E-state index in [9.17, 15) is 4.57 Å². The Kier molecular flexibility index (Phi) is 9.87. The van der Waals surface area contributed by atoms with Gasteiger partial charge in [0.2, 0.25) is 0 Å². The van der Waals surface area contributed by atoms with Crippen LogP contribution in [0.2, 0.25) is 0 Å². The van der Waals surface area contributed by atoms with Gasteiger partial charge in [0.25, 0.3) is 0 Å². The SMILES string of the molecule is CNCC(CNC)CSP(=O)(OS)OS. The molecule has 0 unspecified atom stereocenters. The summed E-state index contributed by atoms with van der Waals surface area (Å²) in [6.45, 7) is -1.54. The Hall–Kier alpha value is 1.12. The first-order valence-electron chi connectivity index (χ1n) is 4.32. The summed E-state index contributed by atoms with van der Waals surface area (Å²) >= 11 is 8.09. The van der Waals surface area contributed by atoms with Gasteiger partial charge < -0.3 is 10.6 Å². The first-order valence-corrected chi connectivity index (χ1v) is 8.18. The maximum absolute atomic E-state index is 11.6. The number of hydrogen-bond acceptors (Lipinski definition) is 8. The van der Waals surface area contributed by atoms with Crippen LogP contribution in [0.3, 0.4) is 0 Å². The quantitative estimate of drug-likeness (QED) is 0.294. The first kappa shape index (κ1) is 16.1. The highest BCUT2D eigenvalue weighted by Gasteiger charge is 2.25. The molecule has 0 heterocycles. The largest absolute Gasteiger partial charge is 0.410 e. The van der Waals surface area contributed by atoms with E-state index in [2.05, 4.69) is 44.4 Å². The third kappa shape index (κ3) is 7.12. The molecule has 92 valence electrons. The summed E-state index contributed by atoms with van der Waals surface area (Å²) in [7, 11) is 3.74. The van der Waals surface area contributed by atoms with Crippen LogP contribution in [0.4, 0.5) is 0 Å². The first-order chi connectivity index (χ1) is 7.11. The second kappa shape index (κ2) is 9.18. The van der Waals surface area contributed by atoms with Gasteiger partial charge in [0.05, 0.1) is 0 Å². The van der Waals surface area contributed by atoms with Crippen molar-refractivity contribution in [3.05, 3.63) is 0 Å². The van der Waals surface area contributed by atoms with Gasteiger partial charge >= 0.3 is 6.80 Å². The number of hydrogen-bond donors (Lipinski definition) is 4. The molecule has 0 bridgehead atoms. The van der Waals surface area contributed by atoms with E-state index in [1.165, 1.54) is 0 Å². The fraction of sp³-hybridized carbons (Fsp3) is 1.00. The van der Waals surface area contributed by atoms with Crippen molar-refractivity contribution in [3.8, 4) is 0 Å². The van der Waals surface area contributed by atoms with Gasteiger partial charge in [0.15, 0.2) is 0 Å². The summed E-state index contributed by atoms with van der Waals surface area (Å²) in [5.74, 6) is 0.977. The fourth-order valence-corrected chi connectivity index (χ4v) is 4.45. The Morgan fingerprint density at radius 1 is 1.27 bits per heavy atom. The highest BCUT2D eigenvalue weighted by atomic mass is 32.7. The highest BCUT2D eigenvalue weighted by molar-refractivity contribution is 8.56. The Labute approximate surface area is 106 Å². The van der Waals surface area contributed by atoms with E-state index in [1.54, 1.807) is 0 Å². The van der Waals surface area contributed by atoms with Crippen LogP contribution in [-0.4, -0.2) is 32.9 Å². The molecule has 0 aromatic carbocycles. The minimum absolute atomic E-state index is 0.338. The molecule has 0 spiro atoms. The maximum atomic E-state index is 11.6. The van der Waals surface area contributed by atoms with Gasteiger partial charge in [-0.3, -0.25) is 0 Å². The zero-order valence-corrected chi connectivity index (χ0v) is 12.2. The van der Waals surface area contributed by atoms with E-state index in [1.807, 2.05) is 14.1 Å². The molecule has 9 heteroatoms. The fourth-order valence-electron chi connectivity index (χ4n) is 1.03. The van der Waals surface area contributed by atoms with E-state index in [0.717, 1.165) is 24.5 Å². The monoisotopic (exact) mass is 292 g/mol. The van der Waals surface area contributed by atoms with Crippen molar-refractivity contribution in [3.63, 3.8) is 0 Å². The molecule has 0 saturated heterocycles. The third-order valence-corrected chi connectivity index (χ3v) is 6.79. The number of nitrogens with one attached hydrogen (secondary N) is 2. The normalized spacial score (nSPS) is 12.3. The lowest BCUT2D eigenvalue weighted by Crippen LogP contribution is -2.29. The van der Waals surface area contributed by atoms with Gasteiger partial charge in [-0.15, -0.1) is 0 Å². The molecule has 0 fully saturated rings. The van der Waals surface area contributed by atoms with E-state index in [0.29, 0.717) is 11.7 Å². The average Bonchev–Trinajstić information content (AvgIpc) is 2.26. The lowest BCUT2D eigenvalue weighted by atomic mass is 10.2. The molecule has 5 nitrogen and oxygen atoms in total. The third-order valence-electron chi connectivity index (χ3n) is 1.65. The molecule has 15 heavy (non-hydrogen) atoms. The molecule has 0 amide bonds. The summed E-state index contributed by atoms with van der Waals surface area (Å²) in [4.78, 5) is 0. The van der Waals surface area contributed by atoms with E-state index < -0.39 is 6.80 Å². The molecule has 0 aromatic rings. The lowest BCUT2D eigenvalue weighted by molar-refractivity contribution is 0.459. The van der Waals surface area contributed by atoms with Gasteiger partial charge in [0.1, 0.15) is 0 Å². The smallest absolute Gasteiger partial charge is 0.319 e. The van der Waals surface area contributed by atoms with Crippen LogP contribution in [0, 0.1) is 5.92 Å². The Bertz CT molecular complexity index is 196. The Morgan fingerprint density at radius 3 is 2.07 bits per heavy atom. The molecular weight excluding hydrogens is 275 g/mol. The van der Waals surface area contributed by atoms with Crippen LogP contribution < -0.4 is 10.6 Å². The molecule has 0 radical (unpaired) electrons. The van der Waals surface area contributed by atoms with Gasteiger partial charge in [-0.2, -0.15) is 0 Å². The minimum atomic E-state index is -3.19. The molecule has 0 aromatic heterocycles. The van der Waals surface area contributed by atoms with Crippen molar-refractivity contribution < 1.29 is 12.5 Å². The Balaban J connectivity index is 4.01. The van der Waals surface area contributed by atoms with Crippen molar-refractivity contribution >= 4 is 44.0 Å². The number of rotatable bonds is 9. The van der Waals surface area contributed by atoms with Gasteiger partial charge in [-0.1, -0.05) is 0 Å². The molecule has 0 atom stereocenters. The van der Waals surface area contributed by atoms with Crippen LogP contribution in [0.25, 0.3) is 0 Å². The second-order valence-corrected chi connectivity index (χ2v) is 7.80. The maximum Gasteiger partial charge on any atom is 0.410 e. The topological polar surface area (TPSA) is 59.6 Å². The van der Waals surface area contributed by atoms with Crippen molar-refractivity contribution in [2.45, 2.75) is 0 Å². The number of thiol groups is 2. The van der Waals surface area contributed by atoms with Crippen molar-refractivity contribution in [2.24, 2.45) is 5.92 Å². The molecular formula is C6H17N2O3PS3. The minimum Gasteiger partial charge on any atom is -0.319 e. The summed E-state index contributed by atoms with van der Waals surface area (Å²) in [6.07, 6.45) is 0. The molecule has 0 aliphatic rings.